The lowest BCUT2D eigenvalue weighted by Crippen LogP contribution is -2.31. The summed E-state index contributed by atoms with van der Waals surface area (Å²) in [6.45, 7) is 3.36. The van der Waals surface area contributed by atoms with Crippen LogP contribution in [0.4, 0.5) is 0 Å². The van der Waals surface area contributed by atoms with Gasteiger partial charge in [-0.25, -0.2) is 4.98 Å². The van der Waals surface area contributed by atoms with E-state index in [-0.39, 0.29) is 5.56 Å². The largest absolute Gasteiger partial charge is 0.549 e. The standard InChI is InChI=1S/C9H12N2O3S/c1-3-6-4-7(12)11-9(10-6)15-5(2)8(13)14/h4-5H,3H2,1-2H3,(H,13,14)(H,10,11,12)/p-1/t5-/m0/s1. The smallest absolute Gasteiger partial charge is 0.251 e. The topological polar surface area (TPSA) is 85.9 Å². The summed E-state index contributed by atoms with van der Waals surface area (Å²) in [7, 11) is 0. The number of hydrogen-bond donors (Lipinski definition) is 1. The minimum absolute atomic E-state index is 0.269. The molecule has 5 nitrogen and oxygen atoms in total. The Morgan fingerprint density at radius 1 is 1.73 bits per heavy atom. The Bertz CT molecular complexity index is 416. The number of aryl methyl sites for hydroxylation is 1. The van der Waals surface area contributed by atoms with Crippen LogP contribution in [0, 0.1) is 0 Å². The fraction of sp³-hybridized carbons (Fsp3) is 0.444. The molecule has 0 amide bonds. The van der Waals surface area contributed by atoms with E-state index in [1.165, 1.54) is 13.0 Å². The first-order valence-electron chi connectivity index (χ1n) is 4.50. The van der Waals surface area contributed by atoms with Crippen molar-refractivity contribution in [2.75, 3.05) is 0 Å². The van der Waals surface area contributed by atoms with Gasteiger partial charge in [0, 0.05) is 17.0 Å². The normalized spacial score (nSPS) is 12.4. The Balaban J connectivity index is 2.90. The number of H-pyrrole nitrogens is 1. The first-order valence-corrected chi connectivity index (χ1v) is 5.38. The Hall–Kier alpha value is -1.30. The second kappa shape index (κ2) is 4.97. The lowest BCUT2D eigenvalue weighted by atomic mass is 10.3. The van der Waals surface area contributed by atoms with Crippen molar-refractivity contribution in [3.05, 3.63) is 22.1 Å². The van der Waals surface area contributed by atoms with Gasteiger partial charge in [0.1, 0.15) is 0 Å². The number of carboxylic acids is 1. The lowest BCUT2D eigenvalue weighted by Gasteiger charge is -2.10. The Morgan fingerprint density at radius 2 is 2.40 bits per heavy atom. The van der Waals surface area contributed by atoms with Crippen molar-refractivity contribution in [1.29, 1.82) is 0 Å². The van der Waals surface area contributed by atoms with Gasteiger partial charge >= 0.3 is 0 Å². The first-order chi connectivity index (χ1) is 7.02. The summed E-state index contributed by atoms with van der Waals surface area (Å²) in [4.78, 5) is 28.2. The molecule has 6 heteroatoms. The highest BCUT2D eigenvalue weighted by atomic mass is 32.2. The summed E-state index contributed by atoms with van der Waals surface area (Å²) in [5.41, 5.74) is 0.377. The minimum Gasteiger partial charge on any atom is -0.549 e. The molecule has 15 heavy (non-hydrogen) atoms. The zero-order chi connectivity index (χ0) is 11.4. The van der Waals surface area contributed by atoms with Crippen LogP contribution in [0.2, 0.25) is 0 Å². The molecule has 1 aromatic heterocycles. The molecule has 0 saturated carbocycles. The van der Waals surface area contributed by atoms with E-state index >= 15 is 0 Å². The van der Waals surface area contributed by atoms with Gasteiger partial charge in [-0.1, -0.05) is 18.7 Å². The third kappa shape index (κ3) is 3.39. The van der Waals surface area contributed by atoms with Crippen LogP contribution in [-0.4, -0.2) is 21.2 Å². The summed E-state index contributed by atoms with van der Waals surface area (Å²) in [5, 5.41) is 10.1. The number of aromatic nitrogens is 2. The second-order valence-corrected chi connectivity index (χ2v) is 4.30. The van der Waals surface area contributed by atoms with Crippen LogP contribution in [0.25, 0.3) is 0 Å². The van der Waals surface area contributed by atoms with Gasteiger partial charge in [0.2, 0.25) is 0 Å². The van der Waals surface area contributed by atoms with Crippen molar-refractivity contribution in [2.45, 2.75) is 30.7 Å². The van der Waals surface area contributed by atoms with E-state index in [1.54, 1.807) is 0 Å². The average Bonchev–Trinajstić information content (AvgIpc) is 2.16. The van der Waals surface area contributed by atoms with Gasteiger partial charge in [0.25, 0.3) is 5.56 Å². The number of aromatic amines is 1. The Labute approximate surface area is 90.9 Å². The monoisotopic (exact) mass is 227 g/mol. The summed E-state index contributed by atoms with van der Waals surface area (Å²) in [6.07, 6.45) is 0.636. The van der Waals surface area contributed by atoms with Crippen molar-refractivity contribution in [2.24, 2.45) is 0 Å². The van der Waals surface area contributed by atoms with E-state index in [9.17, 15) is 14.7 Å². The van der Waals surface area contributed by atoms with Gasteiger partial charge < -0.3 is 14.9 Å². The maximum Gasteiger partial charge on any atom is 0.251 e. The molecular formula is C9H11N2O3S-. The highest BCUT2D eigenvalue weighted by Gasteiger charge is 2.08. The molecule has 0 aliphatic heterocycles. The summed E-state index contributed by atoms with van der Waals surface area (Å²) in [6, 6.07) is 1.40. The molecule has 0 spiro atoms. The van der Waals surface area contributed by atoms with Crippen LogP contribution >= 0.6 is 11.8 Å². The molecule has 0 unspecified atom stereocenters. The van der Waals surface area contributed by atoms with E-state index in [2.05, 4.69) is 9.97 Å². The zero-order valence-electron chi connectivity index (χ0n) is 8.44. The first kappa shape index (κ1) is 11.8. The van der Waals surface area contributed by atoms with Gasteiger partial charge in [-0.15, -0.1) is 0 Å². The van der Waals surface area contributed by atoms with Gasteiger partial charge in [0.15, 0.2) is 5.16 Å². The molecule has 0 aliphatic rings. The quantitative estimate of drug-likeness (QED) is 0.557. The molecule has 0 aliphatic carbocycles. The van der Waals surface area contributed by atoms with Crippen molar-refractivity contribution in [1.82, 2.24) is 9.97 Å². The molecule has 1 aromatic rings. The number of hydrogen-bond acceptors (Lipinski definition) is 5. The van der Waals surface area contributed by atoms with Crippen molar-refractivity contribution >= 4 is 17.7 Å². The number of nitrogens with zero attached hydrogens (tertiary/aromatic N) is 1. The molecule has 0 bridgehead atoms. The summed E-state index contributed by atoms with van der Waals surface area (Å²) < 4.78 is 0. The number of carbonyl (C=O) groups is 1. The molecule has 0 aromatic carbocycles. The molecule has 1 atom stereocenters. The second-order valence-electron chi connectivity index (χ2n) is 2.97. The van der Waals surface area contributed by atoms with Crippen LogP contribution in [0.3, 0.4) is 0 Å². The van der Waals surface area contributed by atoms with E-state index in [0.717, 1.165) is 11.8 Å². The number of carboxylic acid groups (broad SMARTS) is 1. The highest BCUT2D eigenvalue weighted by molar-refractivity contribution is 8.00. The van der Waals surface area contributed by atoms with Crippen molar-refractivity contribution in [3.63, 3.8) is 0 Å². The predicted molar refractivity (Wildman–Crippen MR) is 54.6 cm³/mol. The van der Waals surface area contributed by atoms with Crippen molar-refractivity contribution in [3.8, 4) is 0 Å². The number of rotatable bonds is 4. The third-order valence-corrected chi connectivity index (χ3v) is 2.72. The maximum atomic E-state index is 11.1. The molecule has 0 saturated heterocycles. The maximum absolute atomic E-state index is 11.1. The van der Waals surface area contributed by atoms with Crippen molar-refractivity contribution < 1.29 is 9.90 Å². The minimum atomic E-state index is -1.18. The predicted octanol–water partition coefficient (Wildman–Crippen LogP) is -0.437. The zero-order valence-corrected chi connectivity index (χ0v) is 9.26. The van der Waals surface area contributed by atoms with E-state index in [0.29, 0.717) is 17.3 Å². The third-order valence-electron chi connectivity index (χ3n) is 1.76. The van der Waals surface area contributed by atoms with Crippen LogP contribution < -0.4 is 10.7 Å². The molecule has 0 radical (unpaired) electrons. The van der Waals surface area contributed by atoms with E-state index < -0.39 is 11.2 Å². The van der Waals surface area contributed by atoms with Gasteiger partial charge in [-0.05, 0) is 13.3 Å². The highest BCUT2D eigenvalue weighted by Crippen LogP contribution is 2.17. The summed E-state index contributed by atoms with van der Waals surface area (Å²) in [5.74, 6) is -1.18. The number of aliphatic carboxylic acids is 1. The van der Waals surface area contributed by atoms with Crippen LogP contribution in [0.5, 0.6) is 0 Å². The van der Waals surface area contributed by atoms with Gasteiger partial charge in [0.05, 0.1) is 5.97 Å². The van der Waals surface area contributed by atoms with E-state index in [4.69, 9.17) is 0 Å². The molecule has 1 N–H and O–H groups in total. The molecule has 82 valence electrons. The van der Waals surface area contributed by atoms with E-state index in [1.807, 2.05) is 6.92 Å². The van der Waals surface area contributed by atoms with Gasteiger partial charge in [-0.2, -0.15) is 0 Å². The van der Waals surface area contributed by atoms with Crippen LogP contribution in [0.15, 0.2) is 16.0 Å². The lowest BCUT2D eigenvalue weighted by molar-refractivity contribution is -0.304. The van der Waals surface area contributed by atoms with Crippen LogP contribution in [0.1, 0.15) is 19.5 Å². The SMILES string of the molecule is CCc1cc(=O)[nH]c(S[C@@H](C)C(=O)[O-])n1. The molecule has 1 heterocycles. The summed E-state index contributed by atoms with van der Waals surface area (Å²) >= 11 is 0.967. The van der Waals surface area contributed by atoms with Gasteiger partial charge in [-0.3, -0.25) is 4.79 Å². The number of thioether (sulfide) groups is 1. The molecular weight excluding hydrogens is 216 g/mol. The fourth-order valence-electron chi connectivity index (χ4n) is 0.936. The Kier molecular flexibility index (Phi) is 3.90. The fourth-order valence-corrected chi connectivity index (χ4v) is 1.70. The Morgan fingerprint density at radius 3 is 2.93 bits per heavy atom. The average molecular weight is 227 g/mol. The number of carbonyl (C=O) groups excluding carboxylic acids is 1. The molecule has 1 rings (SSSR count). The molecule has 0 fully saturated rings. The number of nitrogens with one attached hydrogen (secondary N) is 1. The van der Waals surface area contributed by atoms with Crippen LogP contribution in [-0.2, 0) is 11.2 Å².